The minimum atomic E-state index is -4.25. The maximum atomic E-state index is 14.0. The van der Waals surface area contributed by atoms with E-state index in [1.807, 2.05) is 6.07 Å². The number of hydrogen-bond donors (Lipinski definition) is 1. The quantitative estimate of drug-likeness (QED) is 0.649. The summed E-state index contributed by atoms with van der Waals surface area (Å²) >= 11 is 0. The van der Waals surface area contributed by atoms with Crippen molar-refractivity contribution in [1.29, 1.82) is 5.26 Å². The van der Waals surface area contributed by atoms with E-state index in [0.717, 1.165) is 16.4 Å². The molecule has 0 aliphatic carbocycles. The number of carbonyl (C=O) groups excluding carboxylic acids is 2. The van der Waals surface area contributed by atoms with E-state index < -0.39 is 50.3 Å². The molecule has 1 fully saturated rings. The Morgan fingerprint density at radius 3 is 2.53 bits per heavy atom. The smallest absolute Gasteiger partial charge is 0.325 e. The van der Waals surface area contributed by atoms with Crippen LogP contribution in [0.15, 0.2) is 29.2 Å². The molecular formula is C20H26FN3O5S. The van der Waals surface area contributed by atoms with Crippen molar-refractivity contribution in [3.63, 3.8) is 0 Å². The molecule has 1 heterocycles. The van der Waals surface area contributed by atoms with E-state index in [2.05, 4.69) is 5.32 Å². The van der Waals surface area contributed by atoms with Crippen LogP contribution in [0.3, 0.4) is 0 Å². The van der Waals surface area contributed by atoms with E-state index >= 15 is 0 Å². The predicted octanol–water partition coefficient (Wildman–Crippen LogP) is 1.96. The molecule has 1 amide bonds. The number of nitrogens with one attached hydrogen (secondary N) is 1. The SMILES string of the molecule is CC(OC(=O)C1CCCN1S(=O)(=O)c1ccccc1F)C(=O)NC(C)(C#N)C(C)C. The lowest BCUT2D eigenvalue weighted by Crippen LogP contribution is -2.53. The van der Waals surface area contributed by atoms with Crippen LogP contribution in [0, 0.1) is 23.1 Å². The summed E-state index contributed by atoms with van der Waals surface area (Å²) in [7, 11) is -4.25. The molecule has 1 aliphatic rings. The topological polar surface area (TPSA) is 117 Å². The number of nitrogens with zero attached hydrogens (tertiary/aromatic N) is 2. The van der Waals surface area contributed by atoms with Crippen molar-refractivity contribution in [1.82, 2.24) is 9.62 Å². The van der Waals surface area contributed by atoms with Crippen molar-refractivity contribution in [2.45, 2.75) is 63.1 Å². The van der Waals surface area contributed by atoms with Crippen molar-refractivity contribution in [3.8, 4) is 6.07 Å². The van der Waals surface area contributed by atoms with Gasteiger partial charge in [0.15, 0.2) is 6.10 Å². The van der Waals surface area contributed by atoms with Gasteiger partial charge in [-0.3, -0.25) is 9.59 Å². The van der Waals surface area contributed by atoms with Gasteiger partial charge in [0.25, 0.3) is 5.91 Å². The molecule has 1 N–H and O–H groups in total. The van der Waals surface area contributed by atoms with Gasteiger partial charge in [-0.05, 0) is 44.7 Å². The summed E-state index contributed by atoms with van der Waals surface area (Å²) in [5.41, 5.74) is -1.15. The minimum absolute atomic E-state index is 0.0386. The summed E-state index contributed by atoms with van der Waals surface area (Å²) in [4.78, 5) is 24.5. The van der Waals surface area contributed by atoms with Crippen molar-refractivity contribution >= 4 is 21.9 Å². The van der Waals surface area contributed by atoms with Gasteiger partial charge in [0, 0.05) is 6.54 Å². The Kier molecular flexibility index (Phi) is 7.21. The molecular weight excluding hydrogens is 413 g/mol. The molecule has 0 saturated carbocycles. The number of hydrogen-bond acceptors (Lipinski definition) is 6. The molecule has 1 aromatic rings. The third-order valence-electron chi connectivity index (χ3n) is 5.33. The minimum Gasteiger partial charge on any atom is -0.451 e. The number of esters is 1. The second-order valence-electron chi connectivity index (χ2n) is 7.74. The fourth-order valence-corrected chi connectivity index (χ4v) is 4.72. The fourth-order valence-electron chi connectivity index (χ4n) is 3.01. The second kappa shape index (κ2) is 9.10. The van der Waals surface area contributed by atoms with E-state index in [1.54, 1.807) is 20.8 Å². The van der Waals surface area contributed by atoms with Crippen molar-refractivity contribution in [3.05, 3.63) is 30.1 Å². The van der Waals surface area contributed by atoms with Crippen LogP contribution >= 0.6 is 0 Å². The molecule has 30 heavy (non-hydrogen) atoms. The zero-order valence-electron chi connectivity index (χ0n) is 17.4. The lowest BCUT2D eigenvalue weighted by atomic mass is 9.90. The van der Waals surface area contributed by atoms with Crippen LogP contribution in [-0.2, 0) is 24.3 Å². The van der Waals surface area contributed by atoms with Crippen LogP contribution in [-0.4, -0.2) is 48.8 Å². The molecule has 0 spiro atoms. The van der Waals surface area contributed by atoms with Crippen LogP contribution in [0.1, 0.15) is 40.5 Å². The third-order valence-corrected chi connectivity index (χ3v) is 7.27. The Labute approximate surface area is 176 Å². The summed E-state index contributed by atoms with van der Waals surface area (Å²) in [6.07, 6.45) is -0.640. The molecule has 1 aliphatic heterocycles. The van der Waals surface area contributed by atoms with Crippen molar-refractivity contribution in [2.75, 3.05) is 6.54 Å². The van der Waals surface area contributed by atoms with Gasteiger partial charge in [-0.1, -0.05) is 26.0 Å². The van der Waals surface area contributed by atoms with Gasteiger partial charge < -0.3 is 10.1 Å². The first-order valence-corrected chi connectivity index (χ1v) is 11.1. The van der Waals surface area contributed by atoms with Gasteiger partial charge in [-0.25, -0.2) is 12.8 Å². The maximum absolute atomic E-state index is 14.0. The molecule has 3 atom stereocenters. The molecule has 3 unspecified atom stereocenters. The van der Waals surface area contributed by atoms with E-state index in [0.29, 0.717) is 6.42 Å². The number of rotatable bonds is 7. The number of sulfonamides is 1. The fraction of sp³-hybridized carbons (Fsp3) is 0.550. The Morgan fingerprint density at radius 2 is 1.97 bits per heavy atom. The van der Waals surface area contributed by atoms with E-state index in [9.17, 15) is 27.7 Å². The summed E-state index contributed by atoms with van der Waals surface area (Å²) < 4.78 is 45.9. The molecule has 2 rings (SSSR count). The summed E-state index contributed by atoms with van der Waals surface area (Å²) in [6.45, 7) is 6.48. The van der Waals surface area contributed by atoms with Gasteiger partial charge in [-0.15, -0.1) is 0 Å². The lowest BCUT2D eigenvalue weighted by molar-refractivity contribution is -0.158. The van der Waals surface area contributed by atoms with Gasteiger partial charge >= 0.3 is 5.97 Å². The lowest BCUT2D eigenvalue weighted by Gasteiger charge is -2.29. The number of nitriles is 1. The highest BCUT2D eigenvalue weighted by Crippen LogP contribution is 2.28. The maximum Gasteiger partial charge on any atom is 0.325 e. The Bertz CT molecular complexity index is 959. The molecule has 0 bridgehead atoms. The van der Waals surface area contributed by atoms with Gasteiger partial charge in [0.2, 0.25) is 10.0 Å². The van der Waals surface area contributed by atoms with Crippen molar-refractivity contribution < 1.29 is 27.1 Å². The Morgan fingerprint density at radius 1 is 1.33 bits per heavy atom. The van der Waals surface area contributed by atoms with Crippen LogP contribution in [0.25, 0.3) is 0 Å². The summed E-state index contributed by atoms with van der Waals surface area (Å²) in [5, 5.41) is 11.9. The van der Waals surface area contributed by atoms with Crippen molar-refractivity contribution in [2.24, 2.45) is 5.92 Å². The van der Waals surface area contributed by atoms with E-state index in [1.165, 1.54) is 19.1 Å². The first kappa shape index (κ1) is 23.8. The van der Waals surface area contributed by atoms with Gasteiger partial charge in [0.1, 0.15) is 22.3 Å². The van der Waals surface area contributed by atoms with E-state index in [-0.39, 0.29) is 18.9 Å². The van der Waals surface area contributed by atoms with Crippen LogP contribution < -0.4 is 5.32 Å². The molecule has 1 aromatic carbocycles. The zero-order chi connectivity index (χ0) is 22.7. The molecule has 0 aromatic heterocycles. The van der Waals surface area contributed by atoms with Crippen LogP contribution in [0.5, 0.6) is 0 Å². The summed E-state index contributed by atoms with van der Waals surface area (Å²) in [6, 6.07) is 5.81. The average molecular weight is 440 g/mol. The number of ether oxygens (including phenoxy) is 1. The predicted molar refractivity (Wildman–Crippen MR) is 106 cm³/mol. The number of halogens is 1. The number of amides is 1. The number of carbonyl (C=O) groups is 2. The third kappa shape index (κ3) is 4.79. The second-order valence-corrected chi connectivity index (χ2v) is 9.60. The largest absolute Gasteiger partial charge is 0.451 e. The van der Waals surface area contributed by atoms with E-state index in [4.69, 9.17) is 4.74 Å². The average Bonchev–Trinajstić information content (AvgIpc) is 3.18. The normalized spacial score (nSPS) is 20.2. The molecule has 10 heteroatoms. The Hall–Kier alpha value is -2.51. The molecule has 0 radical (unpaired) electrons. The number of benzene rings is 1. The monoisotopic (exact) mass is 439 g/mol. The highest BCUT2D eigenvalue weighted by atomic mass is 32.2. The highest BCUT2D eigenvalue weighted by Gasteiger charge is 2.42. The summed E-state index contributed by atoms with van der Waals surface area (Å²) in [5.74, 6) is -2.65. The van der Waals surface area contributed by atoms with Gasteiger partial charge in [-0.2, -0.15) is 9.57 Å². The first-order valence-electron chi connectivity index (χ1n) is 9.64. The highest BCUT2D eigenvalue weighted by molar-refractivity contribution is 7.89. The molecule has 164 valence electrons. The van der Waals surface area contributed by atoms with Gasteiger partial charge in [0.05, 0.1) is 6.07 Å². The first-order chi connectivity index (χ1) is 13.9. The van der Waals surface area contributed by atoms with Crippen LogP contribution in [0.2, 0.25) is 0 Å². The zero-order valence-corrected chi connectivity index (χ0v) is 18.2. The van der Waals surface area contributed by atoms with Crippen LogP contribution in [0.4, 0.5) is 4.39 Å². The molecule has 8 nitrogen and oxygen atoms in total. The standard InChI is InChI=1S/C20H26FN3O5S/c1-13(2)20(4,12-22)23-18(25)14(3)29-19(26)16-9-7-11-24(16)30(27,28)17-10-6-5-8-15(17)21/h5-6,8,10,13-14,16H,7,9,11H2,1-4H3,(H,23,25). The Balaban J connectivity index is 2.14. The molecule has 1 saturated heterocycles.